The van der Waals surface area contributed by atoms with Crippen molar-refractivity contribution in [2.24, 2.45) is 0 Å². The van der Waals surface area contributed by atoms with Crippen LogP contribution in [0, 0.1) is 6.92 Å². The number of ether oxygens (including phenoxy) is 1. The Morgan fingerprint density at radius 1 is 1.33 bits per heavy atom. The maximum Gasteiger partial charge on any atom is 0.294 e. The van der Waals surface area contributed by atoms with Crippen LogP contribution in [0.3, 0.4) is 0 Å². The second kappa shape index (κ2) is 6.10. The number of anilines is 1. The van der Waals surface area contributed by atoms with Gasteiger partial charge in [-0.05, 0) is 25.0 Å². The maximum absolute atomic E-state index is 12.4. The van der Waals surface area contributed by atoms with E-state index in [4.69, 9.17) is 9.26 Å². The van der Waals surface area contributed by atoms with Crippen LogP contribution in [0.5, 0.6) is 0 Å². The highest BCUT2D eigenvalue weighted by Gasteiger charge is 2.27. The molecule has 0 fully saturated rings. The van der Waals surface area contributed by atoms with E-state index < -0.39 is 0 Å². The summed E-state index contributed by atoms with van der Waals surface area (Å²) in [5, 5.41) is 7.36. The van der Waals surface area contributed by atoms with Gasteiger partial charge in [0, 0.05) is 17.3 Å². The minimum atomic E-state index is -0.382. The van der Waals surface area contributed by atoms with Crippen LogP contribution in [-0.2, 0) is 17.8 Å². The van der Waals surface area contributed by atoms with Gasteiger partial charge in [0.25, 0.3) is 11.8 Å². The van der Waals surface area contributed by atoms with Gasteiger partial charge < -0.3 is 14.6 Å². The summed E-state index contributed by atoms with van der Waals surface area (Å²) < 4.78 is 10.8. The van der Waals surface area contributed by atoms with Gasteiger partial charge in [0.2, 0.25) is 5.82 Å². The second-order valence-corrected chi connectivity index (χ2v) is 6.29. The Balaban J connectivity index is 1.75. The molecule has 3 aromatic heterocycles. The fourth-order valence-corrected chi connectivity index (χ4v) is 3.69. The first-order chi connectivity index (χ1) is 11.7. The van der Waals surface area contributed by atoms with E-state index in [1.165, 1.54) is 23.7 Å². The zero-order chi connectivity index (χ0) is 16.5. The molecule has 9 heteroatoms. The van der Waals surface area contributed by atoms with Gasteiger partial charge in [0.05, 0.1) is 18.8 Å². The zero-order valence-corrected chi connectivity index (χ0v) is 13.6. The molecule has 1 amide bonds. The van der Waals surface area contributed by atoms with Gasteiger partial charge in [0.15, 0.2) is 5.82 Å². The third kappa shape index (κ3) is 2.68. The number of nitrogens with one attached hydrogen (secondary N) is 1. The monoisotopic (exact) mass is 343 g/mol. The lowest BCUT2D eigenvalue weighted by Crippen LogP contribution is -2.15. The molecule has 1 aliphatic rings. The van der Waals surface area contributed by atoms with E-state index in [-0.39, 0.29) is 11.7 Å². The molecule has 8 nitrogen and oxygen atoms in total. The minimum Gasteiger partial charge on any atom is -0.376 e. The molecule has 0 radical (unpaired) electrons. The highest BCUT2D eigenvalue weighted by atomic mass is 32.1. The topological polar surface area (TPSA) is 103 Å². The van der Waals surface area contributed by atoms with Crippen LogP contribution in [0.25, 0.3) is 11.5 Å². The van der Waals surface area contributed by atoms with E-state index >= 15 is 0 Å². The Hall–Kier alpha value is -2.65. The Morgan fingerprint density at radius 2 is 2.17 bits per heavy atom. The van der Waals surface area contributed by atoms with Gasteiger partial charge in [0.1, 0.15) is 5.00 Å². The van der Waals surface area contributed by atoms with Crippen LogP contribution < -0.4 is 5.32 Å². The lowest BCUT2D eigenvalue weighted by molar-refractivity contribution is 0.101. The average molecular weight is 343 g/mol. The van der Waals surface area contributed by atoms with Gasteiger partial charge in [-0.15, -0.1) is 11.3 Å². The van der Waals surface area contributed by atoms with Crippen LogP contribution in [0.15, 0.2) is 23.0 Å². The average Bonchev–Trinajstić information content (AvgIpc) is 3.18. The third-order valence-electron chi connectivity index (χ3n) is 3.56. The number of fused-ring (bicyclic) bond motifs is 1. The van der Waals surface area contributed by atoms with Crippen LogP contribution in [0.4, 0.5) is 5.00 Å². The molecular formula is C15H13N5O3S. The summed E-state index contributed by atoms with van der Waals surface area (Å²) in [7, 11) is 0. The molecule has 122 valence electrons. The second-order valence-electron chi connectivity index (χ2n) is 5.18. The number of aromatic nitrogens is 4. The number of carbonyl (C=O) groups excluding carboxylic acids is 1. The SMILES string of the molecule is Cc1noc(-c2c(NC(=O)c3ncccn3)sc3c2CCOC3)n1. The molecule has 0 spiro atoms. The normalized spacial score (nSPS) is 13.5. The fraction of sp³-hybridized carbons (Fsp3) is 0.267. The first-order valence-electron chi connectivity index (χ1n) is 7.33. The molecule has 0 atom stereocenters. The van der Waals surface area contributed by atoms with Gasteiger partial charge in [-0.25, -0.2) is 9.97 Å². The molecule has 0 unspecified atom stereocenters. The molecule has 4 rings (SSSR count). The van der Waals surface area contributed by atoms with Gasteiger partial charge in [-0.1, -0.05) is 5.16 Å². The van der Waals surface area contributed by atoms with Gasteiger partial charge in [-0.2, -0.15) is 4.98 Å². The molecule has 1 N–H and O–H groups in total. The molecule has 0 saturated carbocycles. The minimum absolute atomic E-state index is 0.104. The van der Waals surface area contributed by atoms with Crippen molar-refractivity contribution in [2.45, 2.75) is 20.0 Å². The Morgan fingerprint density at radius 3 is 2.92 bits per heavy atom. The number of thiophene rings is 1. The Bertz CT molecular complexity index is 890. The first kappa shape index (κ1) is 14.9. The first-order valence-corrected chi connectivity index (χ1v) is 8.15. The summed E-state index contributed by atoms with van der Waals surface area (Å²) >= 11 is 1.45. The molecule has 0 aromatic carbocycles. The zero-order valence-electron chi connectivity index (χ0n) is 12.8. The number of aryl methyl sites for hydroxylation is 1. The van der Waals surface area contributed by atoms with E-state index in [1.54, 1.807) is 13.0 Å². The number of carbonyl (C=O) groups is 1. The summed E-state index contributed by atoms with van der Waals surface area (Å²) in [4.78, 5) is 25.7. The van der Waals surface area contributed by atoms with Crippen molar-refractivity contribution < 1.29 is 14.1 Å². The Labute approximate surface area is 140 Å². The van der Waals surface area contributed by atoms with Gasteiger partial charge in [-0.3, -0.25) is 4.79 Å². The van der Waals surface area contributed by atoms with E-state index in [1.807, 2.05) is 0 Å². The predicted molar refractivity (Wildman–Crippen MR) is 85.7 cm³/mol. The van der Waals surface area contributed by atoms with E-state index in [0.29, 0.717) is 29.9 Å². The summed E-state index contributed by atoms with van der Waals surface area (Å²) in [5.74, 6) is 0.664. The smallest absolute Gasteiger partial charge is 0.294 e. The lowest BCUT2D eigenvalue weighted by Gasteiger charge is -2.12. The molecular weight excluding hydrogens is 330 g/mol. The number of amides is 1. The lowest BCUT2D eigenvalue weighted by atomic mass is 10.1. The van der Waals surface area contributed by atoms with Crippen molar-refractivity contribution in [1.82, 2.24) is 20.1 Å². The Kier molecular flexibility index (Phi) is 3.79. The van der Waals surface area contributed by atoms with Crippen molar-refractivity contribution in [1.29, 1.82) is 0 Å². The van der Waals surface area contributed by atoms with Crippen molar-refractivity contribution in [3.63, 3.8) is 0 Å². The standard InChI is InChI=1S/C15H13N5O3S/c1-8-18-14(23-20-8)11-9-3-6-22-7-10(9)24-15(11)19-13(21)12-16-4-2-5-17-12/h2,4-5H,3,6-7H2,1H3,(H,19,21). The summed E-state index contributed by atoms with van der Waals surface area (Å²) in [6.07, 6.45) is 3.79. The van der Waals surface area contributed by atoms with Crippen molar-refractivity contribution in [3.8, 4) is 11.5 Å². The molecule has 0 saturated heterocycles. The number of nitrogens with zero attached hydrogens (tertiary/aromatic N) is 4. The number of hydrogen-bond donors (Lipinski definition) is 1. The van der Waals surface area contributed by atoms with Crippen molar-refractivity contribution in [2.75, 3.05) is 11.9 Å². The highest BCUT2D eigenvalue weighted by molar-refractivity contribution is 7.17. The maximum atomic E-state index is 12.4. The molecule has 0 bridgehead atoms. The van der Waals surface area contributed by atoms with E-state index in [9.17, 15) is 4.79 Å². The number of rotatable bonds is 3. The van der Waals surface area contributed by atoms with Crippen LogP contribution in [-0.4, -0.2) is 32.6 Å². The van der Waals surface area contributed by atoms with Crippen LogP contribution in [0.2, 0.25) is 0 Å². The summed E-state index contributed by atoms with van der Waals surface area (Å²) in [5.41, 5.74) is 1.85. The molecule has 4 heterocycles. The molecule has 0 aliphatic carbocycles. The van der Waals surface area contributed by atoms with Crippen molar-refractivity contribution >= 4 is 22.2 Å². The molecule has 1 aliphatic heterocycles. The number of hydrogen-bond acceptors (Lipinski definition) is 8. The predicted octanol–water partition coefficient (Wildman–Crippen LogP) is 2.22. The van der Waals surface area contributed by atoms with Gasteiger partial charge >= 0.3 is 0 Å². The fourth-order valence-electron chi connectivity index (χ4n) is 2.52. The van der Waals surface area contributed by atoms with E-state index in [2.05, 4.69) is 25.4 Å². The van der Waals surface area contributed by atoms with Crippen LogP contribution in [0.1, 0.15) is 26.9 Å². The summed E-state index contributed by atoms with van der Waals surface area (Å²) in [6, 6.07) is 1.66. The largest absolute Gasteiger partial charge is 0.376 e. The third-order valence-corrected chi connectivity index (χ3v) is 4.68. The van der Waals surface area contributed by atoms with Crippen molar-refractivity contribution in [3.05, 3.63) is 40.5 Å². The summed E-state index contributed by atoms with van der Waals surface area (Å²) in [6.45, 7) is 2.89. The highest BCUT2D eigenvalue weighted by Crippen LogP contribution is 2.42. The molecule has 3 aromatic rings. The van der Waals surface area contributed by atoms with Crippen LogP contribution >= 0.6 is 11.3 Å². The van der Waals surface area contributed by atoms with E-state index in [0.717, 1.165) is 22.4 Å². The quantitative estimate of drug-likeness (QED) is 0.777. The molecule has 24 heavy (non-hydrogen) atoms.